The highest BCUT2D eigenvalue weighted by Crippen LogP contribution is 2.30. The molecule has 0 N–H and O–H groups in total. The van der Waals surface area contributed by atoms with Gasteiger partial charge in [-0.15, -0.1) is 10.2 Å². The number of benzene rings is 2. The van der Waals surface area contributed by atoms with E-state index in [0.717, 1.165) is 33.8 Å². The smallest absolute Gasteiger partial charge is 0.196 e. The molecule has 2 heterocycles. The molecule has 0 saturated heterocycles. The Hall–Kier alpha value is -2.77. The van der Waals surface area contributed by atoms with Gasteiger partial charge in [0.15, 0.2) is 11.0 Å². The summed E-state index contributed by atoms with van der Waals surface area (Å²) in [6.07, 6.45) is 1.65. The van der Waals surface area contributed by atoms with Gasteiger partial charge in [0.1, 0.15) is 16.7 Å². The Morgan fingerprint density at radius 2 is 1.79 bits per heavy atom. The van der Waals surface area contributed by atoms with Crippen LogP contribution in [0.4, 0.5) is 0 Å². The van der Waals surface area contributed by atoms with E-state index in [1.807, 2.05) is 70.8 Å². The van der Waals surface area contributed by atoms with Gasteiger partial charge in [-0.2, -0.15) is 0 Å². The largest absolute Gasteiger partial charge is 0.497 e. The molecule has 0 atom stereocenters. The number of thioether (sulfide) groups is 1. The van der Waals surface area contributed by atoms with Crippen LogP contribution in [0.3, 0.4) is 0 Å². The summed E-state index contributed by atoms with van der Waals surface area (Å²) in [4.78, 5) is 4.36. The van der Waals surface area contributed by atoms with E-state index in [1.54, 1.807) is 25.1 Å². The van der Waals surface area contributed by atoms with Crippen LogP contribution in [0.5, 0.6) is 5.75 Å². The molecule has 4 aromatic rings. The molecule has 0 aliphatic heterocycles. The second-order valence-corrected chi connectivity index (χ2v) is 7.38. The van der Waals surface area contributed by atoms with E-state index < -0.39 is 0 Å². The van der Waals surface area contributed by atoms with Crippen molar-refractivity contribution in [1.82, 2.24) is 24.3 Å². The van der Waals surface area contributed by atoms with E-state index >= 15 is 0 Å². The fourth-order valence-electron chi connectivity index (χ4n) is 2.79. The van der Waals surface area contributed by atoms with Crippen molar-refractivity contribution in [3.05, 3.63) is 71.8 Å². The van der Waals surface area contributed by atoms with E-state index in [9.17, 15) is 0 Å². The van der Waals surface area contributed by atoms with Crippen molar-refractivity contribution in [1.29, 1.82) is 0 Å². The van der Waals surface area contributed by atoms with Gasteiger partial charge in [0.2, 0.25) is 0 Å². The van der Waals surface area contributed by atoms with Crippen LogP contribution in [-0.4, -0.2) is 31.4 Å². The number of hydrogen-bond acceptors (Lipinski definition) is 5. The van der Waals surface area contributed by atoms with Crippen LogP contribution in [0, 0.1) is 0 Å². The summed E-state index contributed by atoms with van der Waals surface area (Å²) in [5, 5.41) is 10.3. The SMILES string of the molecule is COc1ccc(-n2c(SCc3ncc(Cl)n3C)nnc2-c2ccccc2)cc1. The molecule has 142 valence electrons. The summed E-state index contributed by atoms with van der Waals surface area (Å²) < 4.78 is 9.19. The predicted octanol–water partition coefficient (Wildman–Crippen LogP) is 4.62. The summed E-state index contributed by atoms with van der Waals surface area (Å²) in [6, 6.07) is 17.9. The first-order valence-electron chi connectivity index (χ1n) is 8.61. The minimum absolute atomic E-state index is 0.609. The van der Waals surface area contributed by atoms with E-state index in [1.165, 1.54) is 0 Å². The maximum absolute atomic E-state index is 6.10. The first-order chi connectivity index (χ1) is 13.7. The molecule has 0 bridgehead atoms. The molecule has 0 aliphatic rings. The lowest BCUT2D eigenvalue weighted by atomic mass is 10.2. The number of methoxy groups -OCH3 is 1. The van der Waals surface area contributed by atoms with E-state index in [0.29, 0.717) is 10.9 Å². The molecule has 0 aliphatic carbocycles. The molecule has 2 aromatic carbocycles. The van der Waals surface area contributed by atoms with Gasteiger partial charge in [-0.25, -0.2) is 4.98 Å². The summed E-state index contributed by atoms with van der Waals surface area (Å²) >= 11 is 7.66. The number of ether oxygens (including phenoxy) is 1. The van der Waals surface area contributed by atoms with Crippen molar-refractivity contribution in [3.8, 4) is 22.8 Å². The Labute approximate surface area is 172 Å². The van der Waals surface area contributed by atoms with Crippen LogP contribution < -0.4 is 4.74 Å². The van der Waals surface area contributed by atoms with Crippen LogP contribution in [0.15, 0.2) is 66.0 Å². The summed E-state index contributed by atoms with van der Waals surface area (Å²) in [6.45, 7) is 0. The first kappa shape index (κ1) is 18.6. The third kappa shape index (κ3) is 3.63. The number of aromatic nitrogens is 5. The van der Waals surface area contributed by atoms with Crippen molar-refractivity contribution >= 4 is 23.4 Å². The normalized spacial score (nSPS) is 11.0. The highest BCUT2D eigenvalue weighted by molar-refractivity contribution is 7.98. The Bertz CT molecular complexity index is 1080. The fourth-order valence-corrected chi connectivity index (χ4v) is 3.88. The Morgan fingerprint density at radius 1 is 1.04 bits per heavy atom. The molecule has 0 saturated carbocycles. The Morgan fingerprint density at radius 3 is 2.43 bits per heavy atom. The number of hydrogen-bond donors (Lipinski definition) is 0. The minimum atomic E-state index is 0.609. The van der Waals surface area contributed by atoms with Crippen LogP contribution in [0.25, 0.3) is 17.1 Å². The second kappa shape index (κ2) is 8.08. The van der Waals surface area contributed by atoms with Gasteiger partial charge in [0.05, 0.1) is 19.1 Å². The zero-order valence-electron chi connectivity index (χ0n) is 15.4. The van der Waals surface area contributed by atoms with Gasteiger partial charge >= 0.3 is 0 Å². The second-order valence-electron chi connectivity index (χ2n) is 6.05. The van der Waals surface area contributed by atoms with Gasteiger partial charge in [-0.1, -0.05) is 53.7 Å². The maximum Gasteiger partial charge on any atom is 0.196 e. The van der Waals surface area contributed by atoms with E-state index in [4.69, 9.17) is 16.3 Å². The fraction of sp³-hybridized carbons (Fsp3) is 0.150. The minimum Gasteiger partial charge on any atom is -0.497 e. The van der Waals surface area contributed by atoms with Crippen molar-refractivity contribution in [2.75, 3.05) is 7.11 Å². The van der Waals surface area contributed by atoms with Crippen LogP contribution in [-0.2, 0) is 12.8 Å². The van der Waals surface area contributed by atoms with Gasteiger partial charge in [-0.3, -0.25) is 4.57 Å². The van der Waals surface area contributed by atoms with Crippen molar-refractivity contribution in [2.24, 2.45) is 7.05 Å². The summed E-state index contributed by atoms with van der Waals surface area (Å²) in [5.41, 5.74) is 1.96. The van der Waals surface area contributed by atoms with Crippen molar-refractivity contribution in [2.45, 2.75) is 10.9 Å². The van der Waals surface area contributed by atoms with Crippen LogP contribution >= 0.6 is 23.4 Å². The number of halogens is 1. The van der Waals surface area contributed by atoms with Gasteiger partial charge in [0.25, 0.3) is 0 Å². The van der Waals surface area contributed by atoms with Crippen LogP contribution in [0.2, 0.25) is 5.15 Å². The molecular weight excluding hydrogens is 394 g/mol. The lowest BCUT2D eigenvalue weighted by Crippen LogP contribution is -2.01. The standard InChI is InChI=1S/C20H18ClN5OS/c1-25-17(21)12-22-18(25)13-28-20-24-23-19(14-6-4-3-5-7-14)26(20)15-8-10-16(27-2)11-9-15/h3-12H,13H2,1-2H3. The highest BCUT2D eigenvalue weighted by Gasteiger charge is 2.17. The molecule has 6 nitrogen and oxygen atoms in total. The quantitative estimate of drug-likeness (QED) is 0.433. The van der Waals surface area contributed by atoms with E-state index in [-0.39, 0.29) is 0 Å². The third-order valence-electron chi connectivity index (χ3n) is 4.35. The summed E-state index contributed by atoms with van der Waals surface area (Å²) in [7, 11) is 3.55. The Kier molecular flexibility index (Phi) is 5.36. The van der Waals surface area contributed by atoms with Gasteiger partial charge in [0, 0.05) is 18.3 Å². The first-order valence-corrected chi connectivity index (χ1v) is 9.98. The van der Waals surface area contributed by atoms with E-state index in [2.05, 4.69) is 15.2 Å². The average molecular weight is 412 g/mol. The molecular formula is C20H18ClN5OS. The Balaban J connectivity index is 1.73. The highest BCUT2D eigenvalue weighted by atomic mass is 35.5. The zero-order valence-corrected chi connectivity index (χ0v) is 17.0. The maximum atomic E-state index is 6.10. The molecule has 0 amide bonds. The molecule has 2 aromatic heterocycles. The van der Waals surface area contributed by atoms with Gasteiger partial charge < -0.3 is 9.30 Å². The van der Waals surface area contributed by atoms with Crippen molar-refractivity contribution < 1.29 is 4.74 Å². The van der Waals surface area contributed by atoms with Crippen molar-refractivity contribution in [3.63, 3.8) is 0 Å². The molecule has 4 rings (SSSR count). The summed E-state index contributed by atoms with van der Waals surface area (Å²) in [5.74, 6) is 3.09. The lowest BCUT2D eigenvalue weighted by molar-refractivity contribution is 0.414. The third-order valence-corrected chi connectivity index (χ3v) is 5.63. The molecule has 0 radical (unpaired) electrons. The van der Waals surface area contributed by atoms with Gasteiger partial charge in [-0.05, 0) is 24.3 Å². The van der Waals surface area contributed by atoms with Crippen LogP contribution in [0.1, 0.15) is 5.82 Å². The molecule has 8 heteroatoms. The molecule has 0 fully saturated rings. The molecule has 0 spiro atoms. The lowest BCUT2D eigenvalue weighted by Gasteiger charge is -2.11. The topological polar surface area (TPSA) is 57.8 Å². The predicted molar refractivity (Wildman–Crippen MR) is 111 cm³/mol. The molecule has 0 unspecified atom stereocenters. The average Bonchev–Trinajstić information content (AvgIpc) is 3.31. The zero-order chi connectivity index (χ0) is 19.5. The monoisotopic (exact) mass is 411 g/mol. The molecule has 28 heavy (non-hydrogen) atoms. The number of rotatable bonds is 6. The number of nitrogens with zero attached hydrogens (tertiary/aromatic N) is 5. The number of imidazole rings is 1.